The second-order valence-corrected chi connectivity index (χ2v) is 7.91. The maximum atomic E-state index is 13.2. The topological polar surface area (TPSA) is 57.9 Å². The van der Waals surface area contributed by atoms with Crippen molar-refractivity contribution in [1.29, 1.82) is 0 Å². The van der Waals surface area contributed by atoms with E-state index in [1.807, 2.05) is 55.4 Å². The van der Waals surface area contributed by atoms with Crippen molar-refractivity contribution in [1.82, 2.24) is 19.2 Å². The van der Waals surface area contributed by atoms with Crippen molar-refractivity contribution in [3.05, 3.63) is 70.6 Å². The minimum absolute atomic E-state index is 0.0699. The van der Waals surface area contributed by atoms with Crippen molar-refractivity contribution >= 4 is 33.2 Å². The number of benzene rings is 2. The van der Waals surface area contributed by atoms with Gasteiger partial charge in [-0.25, -0.2) is 4.98 Å². The van der Waals surface area contributed by atoms with Gasteiger partial charge in [-0.2, -0.15) is 0 Å². The molecule has 2 aromatic heterocycles. The van der Waals surface area contributed by atoms with E-state index >= 15 is 0 Å². The highest BCUT2D eigenvalue weighted by molar-refractivity contribution is 6.02. The van der Waals surface area contributed by atoms with E-state index in [-0.39, 0.29) is 11.5 Å². The van der Waals surface area contributed by atoms with Gasteiger partial charge in [0.1, 0.15) is 0 Å². The summed E-state index contributed by atoms with van der Waals surface area (Å²) in [5.41, 5.74) is 1.34. The molecule has 5 rings (SSSR count). The van der Waals surface area contributed by atoms with Crippen molar-refractivity contribution in [2.45, 2.75) is 12.5 Å². The van der Waals surface area contributed by atoms with Gasteiger partial charge in [0.15, 0.2) is 5.65 Å². The summed E-state index contributed by atoms with van der Waals surface area (Å²) in [6.07, 6.45) is 2.63. The number of likely N-dealkylation sites (N-methyl/N-ethyl adjacent to an activating group) is 1. The monoisotopic (exact) mass is 386 g/mol. The van der Waals surface area contributed by atoms with Gasteiger partial charge >= 0.3 is 0 Å². The van der Waals surface area contributed by atoms with Gasteiger partial charge in [-0.3, -0.25) is 14.0 Å². The van der Waals surface area contributed by atoms with E-state index in [9.17, 15) is 9.59 Å². The summed E-state index contributed by atoms with van der Waals surface area (Å²) in [6.45, 7) is 1.40. The highest BCUT2D eigenvalue weighted by atomic mass is 16.2. The summed E-state index contributed by atoms with van der Waals surface area (Å²) < 4.78 is 1.49. The van der Waals surface area contributed by atoms with Crippen LogP contribution in [-0.2, 0) is 0 Å². The fourth-order valence-corrected chi connectivity index (χ4v) is 4.20. The Hall–Kier alpha value is -3.25. The van der Waals surface area contributed by atoms with E-state index in [1.165, 1.54) is 4.40 Å². The molecule has 0 aliphatic carbocycles. The van der Waals surface area contributed by atoms with Gasteiger partial charge in [0.05, 0.1) is 16.5 Å². The molecule has 0 radical (unpaired) electrons. The number of likely N-dealkylation sites (tertiary alicyclic amines) is 1. The molecule has 1 amide bonds. The smallest absolute Gasteiger partial charge is 0.265 e. The van der Waals surface area contributed by atoms with Crippen molar-refractivity contribution < 1.29 is 4.79 Å². The van der Waals surface area contributed by atoms with E-state index in [1.54, 1.807) is 18.3 Å². The first-order valence-corrected chi connectivity index (χ1v) is 9.82. The molecule has 4 aromatic rings. The van der Waals surface area contributed by atoms with Crippen LogP contribution in [0.2, 0.25) is 0 Å². The van der Waals surface area contributed by atoms with Crippen LogP contribution in [0.3, 0.4) is 0 Å². The normalized spacial score (nSPS) is 17.1. The Labute approximate surface area is 168 Å². The van der Waals surface area contributed by atoms with Crippen molar-refractivity contribution in [2.75, 3.05) is 27.2 Å². The van der Waals surface area contributed by atoms with Crippen LogP contribution in [0.1, 0.15) is 16.8 Å². The Morgan fingerprint density at radius 3 is 2.59 bits per heavy atom. The number of fused-ring (bicyclic) bond motifs is 3. The minimum atomic E-state index is -0.155. The Balaban J connectivity index is 1.68. The predicted octanol–water partition coefficient (Wildman–Crippen LogP) is 2.78. The molecule has 2 aromatic carbocycles. The first-order valence-electron chi connectivity index (χ1n) is 9.82. The fourth-order valence-electron chi connectivity index (χ4n) is 4.20. The molecule has 1 atom stereocenters. The number of hydrogen-bond donors (Lipinski definition) is 0. The summed E-state index contributed by atoms with van der Waals surface area (Å²) in [7, 11) is 4.07. The van der Waals surface area contributed by atoms with Gasteiger partial charge in [-0.15, -0.1) is 0 Å². The zero-order valence-electron chi connectivity index (χ0n) is 16.5. The van der Waals surface area contributed by atoms with Gasteiger partial charge in [-0.1, -0.05) is 24.3 Å². The molecule has 0 unspecified atom stereocenters. The number of carbonyl (C=O) groups is 1. The average molecular weight is 386 g/mol. The average Bonchev–Trinajstić information content (AvgIpc) is 3.23. The minimum Gasteiger partial charge on any atom is -0.337 e. The van der Waals surface area contributed by atoms with Crippen LogP contribution in [0.5, 0.6) is 0 Å². The molecule has 3 heterocycles. The summed E-state index contributed by atoms with van der Waals surface area (Å²) in [6, 6.07) is 15.6. The van der Waals surface area contributed by atoms with Gasteiger partial charge in [0.25, 0.3) is 11.5 Å². The molecule has 0 bridgehead atoms. The summed E-state index contributed by atoms with van der Waals surface area (Å²) in [5.74, 6) is -0.0699. The number of carbonyl (C=O) groups excluding carboxylic acids is 1. The van der Waals surface area contributed by atoms with Gasteiger partial charge in [0.2, 0.25) is 0 Å². The first-order chi connectivity index (χ1) is 14.0. The summed E-state index contributed by atoms with van der Waals surface area (Å²) >= 11 is 0. The third-order valence-corrected chi connectivity index (χ3v) is 5.92. The van der Waals surface area contributed by atoms with Crippen LogP contribution in [0, 0.1) is 0 Å². The molecule has 6 heteroatoms. The fraction of sp³-hybridized carbons (Fsp3) is 0.261. The highest BCUT2D eigenvalue weighted by Crippen LogP contribution is 2.22. The maximum absolute atomic E-state index is 13.2. The second-order valence-electron chi connectivity index (χ2n) is 7.91. The molecule has 1 saturated heterocycles. The number of aromatic nitrogens is 2. The van der Waals surface area contributed by atoms with E-state index in [4.69, 9.17) is 4.98 Å². The van der Waals surface area contributed by atoms with E-state index in [0.717, 1.165) is 17.2 Å². The number of pyridine rings is 1. The van der Waals surface area contributed by atoms with Crippen LogP contribution in [0.15, 0.2) is 59.5 Å². The Bertz CT molecular complexity index is 1330. The lowest BCUT2D eigenvalue weighted by Gasteiger charge is -2.20. The first kappa shape index (κ1) is 17.8. The van der Waals surface area contributed by atoms with Gasteiger partial charge in [-0.05, 0) is 55.6 Å². The Morgan fingerprint density at radius 1 is 1.10 bits per heavy atom. The van der Waals surface area contributed by atoms with Crippen LogP contribution >= 0.6 is 0 Å². The second kappa shape index (κ2) is 6.67. The molecule has 0 spiro atoms. The quantitative estimate of drug-likeness (QED) is 0.497. The molecule has 0 N–H and O–H groups in total. The third kappa shape index (κ3) is 2.87. The van der Waals surface area contributed by atoms with Crippen molar-refractivity contribution in [3.63, 3.8) is 0 Å². The van der Waals surface area contributed by atoms with E-state index < -0.39 is 0 Å². The molecule has 1 fully saturated rings. The van der Waals surface area contributed by atoms with Crippen molar-refractivity contribution in [3.8, 4) is 0 Å². The van der Waals surface area contributed by atoms with Crippen LogP contribution < -0.4 is 5.56 Å². The molecule has 1 aliphatic heterocycles. The summed E-state index contributed by atoms with van der Waals surface area (Å²) in [5, 5.41) is 2.57. The largest absolute Gasteiger partial charge is 0.337 e. The zero-order chi connectivity index (χ0) is 20.1. The SMILES string of the molecule is CN(C)[C@H]1CCN(C(=O)c2cccn3c(=O)c4cc5ccccc5cc4nc23)C1. The highest BCUT2D eigenvalue weighted by Gasteiger charge is 2.29. The Kier molecular flexibility index (Phi) is 4.10. The lowest BCUT2D eigenvalue weighted by atomic mass is 10.1. The molecule has 1 aliphatic rings. The number of amides is 1. The lowest BCUT2D eigenvalue weighted by Crippen LogP contribution is -2.35. The number of rotatable bonds is 2. The number of hydrogen-bond acceptors (Lipinski definition) is 4. The zero-order valence-corrected chi connectivity index (χ0v) is 16.5. The number of nitrogens with zero attached hydrogens (tertiary/aromatic N) is 4. The van der Waals surface area contributed by atoms with Gasteiger partial charge < -0.3 is 9.80 Å². The molecule has 146 valence electrons. The predicted molar refractivity (Wildman–Crippen MR) is 114 cm³/mol. The third-order valence-electron chi connectivity index (χ3n) is 5.92. The van der Waals surface area contributed by atoms with E-state index in [2.05, 4.69) is 4.90 Å². The van der Waals surface area contributed by atoms with Gasteiger partial charge in [0, 0.05) is 25.3 Å². The van der Waals surface area contributed by atoms with Crippen LogP contribution in [0.25, 0.3) is 27.3 Å². The molecular formula is C23H22N4O2. The standard InChI is InChI=1S/C23H22N4O2/c1-25(2)17-9-11-26(14-17)22(28)18-8-5-10-27-21(18)24-20-13-16-7-4-3-6-15(16)12-19(20)23(27)29/h3-8,10,12-13,17H,9,11,14H2,1-2H3/t17-/m0/s1. The van der Waals surface area contributed by atoms with Crippen LogP contribution in [-0.4, -0.2) is 58.3 Å². The van der Waals surface area contributed by atoms with Crippen molar-refractivity contribution in [2.24, 2.45) is 0 Å². The maximum Gasteiger partial charge on any atom is 0.265 e. The van der Waals surface area contributed by atoms with E-state index in [0.29, 0.717) is 41.2 Å². The molecule has 6 nitrogen and oxygen atoms in total. The summed E-state index contributed by atoms with van der Waals surface area (Å²) in [4.78, 5) is 35.2. The lowest BCUT2D eigenvalue weighted by molar-refractivity contribution is 0.0784. The van der Waals surface area contributed by atoms with Crippen LogP contribution in [0.4, 0.5) is 0 Å². The molecule has 29 heavy (non-hydrogen) atoms. The molecular weight excluding hydrogens is 364 g/mol. The molecule has 0 saturated carbocycles. The Morgan fingerprint density at radius 2 is 1.86 bits per heavy atom.